The van der Waals surface area contributed by atoms with Crippen LogP contribution >= 0.6 is 0 Å². The normalized spacial score (nSPS) is 11.3. The Morgan fingerprint density at radius 1 is 0.933 bits per heavy atom. The van der Waals surface area contributed by atoms with Crippen molar-refractivity contribution >= 4 is 6.29 Å². The molecule has 0 N–H and O–H groups in total. The van der Waals surface area contributed by atoms with Crippen LogP contribution in [0.3, 0.4) is 0 Å². The van der Waals surface area contributed by atoms with Gasteiger partial charge in [0, 0.05) is 11.1 Å². The molecule has 0 aliphatic heterocycles. The van der Waals surface area contributed by atoms with Crippen molar-refractivity contribution < 1.29 is 19.0 Å². The lowest BCUT2D eigenvalue weighted by molar-refractivity contribution is 0.112. The Hall–Kier alpha value is -2.49. The van der Waals surface area contributed by atoms with E-state index in [1.807, 2.05) is 6.07 Å². The summed E-state index contributed by atoms with van der Waals surface area (Å²) in [7, 11) is 1.58. The molecule has 0 bridgehead atoms. The van der Waals surface area contributed by atoms with Crippen LogP contribution in [-0.2, 0) is 11.8 Å². The molecule has 4 heteroatoms. The minimum Gasteiger partial charge on any atom is -0.493 e. The molecule has 0 aromatic heterocycles. The van der Waals surface area contributed by atoms with Crippen molar-refractivity contribution in [1.29, 1.82) is 0 Å². The van der Waals surface area contributed by atoms with Crippen LogP contribution in [0.5, 0.6) is 23.0 Å². The van der Waals surface area contributed by atoms with E-state index in [9.17, 15) is 4.79 Å². The van der Waals surface area contributed by atoms with Gasteiger partial charge in [0.15, 0.2) is 11.5 Å². The number of ether oxygens (including phenoxy) is 3. The number of carbonyl (C=O) groups is 1. The number of rotatable bonds is 11. The highest BCUT2D eigenvalue weighted by atomic mass is 16.5. The van der Waals surface area contributed by atoms with Gasteiger partial charge in [-0.25, -0.2) is 0 Å². The topological polar surface area (TPSA) is 44.8 Å². The second kappa shape index (κ2) is 11.1. The number of benzene rings is 2. The molecule has 0 saturated carbocycles. The van der Waals surface area contributed by atoms with Gasteiger partial charge in [-0.2, -0.15) is 0 Å². The lowest BCUT2D eigenvalue weighted by atomic mass is 9.85. The van der Waals surface area contributed by atoms with E-state index in [0.29, 0.717) is 29.4 Å². The molecule has 0 aliphatic carbocycles. The van der Waals surface area contributed by atoms with E-state index in [1.54, 1.807) is 19.2 Å². The Balaban J connectivity index is 2.43. The molecule has 4 nitrogen and oxygen atoms in total. The van der Waals surface area contributed by atoms with E-state index >= 15 is 0 Å². The van der Waals surface area contributed by atoms with Gasteiger partial charge in [-0.15, -0.1) is 0 Å². The maximum absolute atomic E-state index is 11.5. The molecule has 0 amide bonds. The fraction of sp³-hybridized carbons (Fsp3) is 0.500. The highest BCUT2D eigenvalue weighted by Crippen LogP contribution is 2.43. The number of hydrogen-bond donors (Lipinski definition) is 0. The first kappa shape index (κ1) is 23.8. The highest BCUT2D eigenvalue weighted by Gasteiger charge is 2.22. The molecule has 0 unspecified atom stereocenters. The Morgan fingerprint density at radius 2 is 1.67 bits per heavy atom. The van der Waals surface area contributed by atoms with Gasteiger partial charge in [0.2, 0.25) is 5.75 Å². The summed E-state index contributed by atoms with van der Waals surface area (Å²) in [6.45, 7) is 11.4. The van der Waals surface area contributed by atoms with Crippen LogP contribution in [0.4, 0.5) is 0 Å². The first-order valence-electron chi connectivity index (χ1n) is 10.9. The summed E-state index contributed by atoms with van der Waals surface area (Å²) < 4.78 is 18.0. The van der Waals surface area contributed by atoms with Gasteiger partial charge in [-0.05, 0) is 42.0 Å². The van der Waals surface area contributed by atoms with Crippen molar-refractivity contribution in [3.05, 3.63) is 47.0 Å². The fourth-order valence-electron chi connectivity index (χ4n) is 3.33. The minimum atomic E-state index is -0.0892. The van der Waals surface area contributed by atoms with Crippen molar-refractivity contribution in [2.45, 2.75) is 72.1 Å². The van der Waals surface area contributed by atoms with E-state index in [2.05, 4.69) is 46.8 Å². The largest absolute Gasteiger partial charge is 0.493 e. The Morgan fingerprint density at radius 3 is 2.27 bits per heavy atom. The molecule has 0 fully saturated rings. The minimum absolute atomic E-state index is 0.0892. The van der Waals surface area contributed by atoms with E-state index in [0.717, 1.165) is 36.9 Å². The number of unbranched alkanes of at least 4 members (excludes halogenated alkanes) is 3. The Bertz CT molecular complexity index is 834. The van der Waals surface area contributed by atoms with Gasteiger partial charge < -0.3 is 14.2 Å². The number of carbonyl (C=O) groups excluding carboxylic acids is 1. The third-order valence-electron chi connectivity index (χ3n) is 5.12. The van der Waals surface area contributed by atoms with Crippen LogP contribution in [0.2, 0.25) is 0 Å². The highest BCUT2D eigenvalue weighted by molar-refractivity contribution is 5.78. The molecule has 2 aromatic carbocycles. The monoisotopic (exact) mass is 412 g/mol. The molecule has 164 valence electrons. The SMILES string of the molecule is CCCCCCOc1c(OC)cc(C=O)cc1Oc1ccc(CC)cc1C(C)(C)C. The van der Waals surface area contributed by atoms with Crippen LogP contribution in [0.15, 0.2) is 30.3 Å². The van der Waals surface area contributed by atoms with Gasteiger partial charge >= 0.3 is 0 Å². The van der Waals surface area contributed by atoms with Crippen molar-refractivity contribution in [2.75, 3.05) is 13.7 Å². The number of hydrogen-bond acceptors (Lipinski definition) is 4. The molecule has 0 atom stereocenters. The zero-order valence-electron chi connectivity index (χ0n) is 19.3. The number of aldehydes is 1. The number of aryl methyl sites for hydroxylation is 1. The van der Waals surface area contributed by atoms with E-state index in [1.165, 1.54) is 18.4 Å². The van der Waals surface area contributed by atoms with Gasteiger partial charge in [0.05, 0.1) is 13.7 Å². The first-order chi connectivity index (χ1) is 14.3. The summed E-state index contributed by atoms with van der Waals surface area (Å²) in [4.78, 5) is 11.5. The van der Waals surface area contributed by atoms with Crippen LogP contribution in [0.1, 0.15) is 81.8 Å². The maximum atomic E-state index is 11.5. The average Bonchev–Trinajstić information content (AvgIpc) is 2.73. The zero-order chi connectivity index (χ0) is 22.1. The summed E-state index contributed by atoms with van der Waals surface area (Å²) >= 11 is 0. The van der Waals surface area contributed by atoms with E-state index in [-0.39, 0.29) is 5.41 Å². The van der Waals surface area contributed by atoms with Crippen LogP contribution in [0, 0.1) is 0 Å². The summed E-state index contributed by atoms with van der Waals surface area (Å²) in [5.41, 5.74) is 2.78. The van der Waals surface area contributed by atoms with Crippen LogP contribution in [-0.4, -0.2) is 20.0 Å². The first-order valence-corrected chi connectivity index (χ1v) is 10.9. The molecule has 0 spiro atoms. The molecular formula is C26H36O4. The van der Waals surface area contributed by atoms with Crippen molar-refractivity contribution in [3.8, 4) is 23.0 Å². The van der Waals surface area contributed by atoms with Crippen molar-refractivity contribution in [3.63, 3.8) is 0 Å². The average molecular weight is 413 g/mol. The summed E-state index contributed by atoms with van der Waals surface area (Å²) in [5.74, 6) is 2.31. The molecule has 0 aliphatic rings. The number of methoxy groups -OCH3 is 1. The lowest BCUT2D eigenvalue weighted by Crippen LogP contribution is -2.13. The predicted octanol–water partition coefficient (Wildman–Crippen LogP) is 7.12. The Kier molecular flexibility index (Phi) is 8.76. The Labute approximate surface area is 181 Å². The van der Waals surface area contributed by atoms with Gasteiger partial charge in [0.25, 0.3) is 0 Å². The van der Waals surface area contributed by atoms with Gasteiger partial charge in [0.1, 0.15) is 12.0 Å². The molecule has 0 radical (unpaired) electrons. The molecule has 0 heterocycles. The van der Waals surface area contributed by atoms with Gasteiger partial charge in [-0.1, -0.05) is 66.0 Å². The molecular weight excluding hydrogens is 376 g/mol. The standard InChI is InChI=1S/C26H36O4/c1-7-9-10-11-14-29-25-23(28-6)16-20(18-27)17-24(25)30-22-13-12-19(8-2)15-21(22)26(3,4)5/h12-13,15-18H,7-11,14H2,1-6H3. The quantitative estimate of drug-likeness (QED) is 0.291. The molecule has 2 rings (SSSR count). The van der Waals surface area contributed by atoms with Crippen molar-refractivity contribution in [1.82, 2.24) is 0 Å². The molecule has 0 saturated heterocycles. The fourth-order valence-corrected chi connectivity index (χ4v) is 3.33. The second-order valence-corrected chi connectivity index (χ2v) is 8.61. The second-order valence-electron chi connectivity index (χ2n) is 8.61. The lowest BCUT2D eigenvalue weighted by Gasteiger charge is -2.24. The zero-order valence-corrected chi connectivity index (χ0v) is 19.3. The predicted molar refractivity (Wildman–Crippen MR) is 123 cm³/mol. The van der Waals surface area contributed by atoms with Crippen molar-refractivity contribution in [2.24, 2.45) is 0 Å². The van der Waals surface area contributed by atoms with Crippen LogP contribution < -0.4 is 14.2 Å². The van der Waals surface area contributed by atoms with E-state index in [4.69, 9.17) is 14.2 Å². The summed E-state index contributed by atoms with van der Waals surface area (Å²) in [5, 5.41) is 0. The molecule has 30 heavy (non-hydrogen) atoms. The van der Waals surface area contributed by atoms with Gasteiger partial charge in [-0.3, -0.25) is 4.79 Å². The smallest absolute Gasteiger partial charge is 0.204 e. The van der Waals surface area contributed by atoms with Crippen LogP contribution in [0.25, 0.3) is 0 Å². The maximum Gasteiger partial charge on any atom is 0.204 e. The summed E-state index contributed by atoms with van der Waals surface area (Å²) in [6, 6.07) is 9.69. The third-order valence-corrected chi connectivity index (χ3v) is 5.12. The summed E-state index contributed by atoms with van der Waals surface area (Å²) in [6.07, 6.45) is 6.20. The third kappa shape index (κ3) is 6.25. The van der Waals surface area contributed by atoms with E-state index < -0.39 is 0 Å². The molecule has 2 aromatic rings.